The number of fused-ring (bicyclic) bond motifs is 4. The van der Waals surface area contributed by atoms with E-state index in [1.54, 1.807) is 7.11 Å². The summed E-state index contributed by atoms with van der Waals surface area (Å²) >= 11 is 0. The summed E-state index contributed by atoms with van der Waals surface area (Å²) in [6.45, 7) is 8.75. The number of H-pyrrole nitrogens is 1. The molecule has 1 aliphatic rings. The van der Waals surface area contributed by atoms with Gasteiger partial charge in [-0.25, -0.2) is 0 Å². The first-order chi connectivity index (χ1) is 12.9. The minimum absolute atomic E-state index is 0.0907. The van der Waals surface area contributed by atoms with E-state index in [9.17, 15) is 0 Å². The molecule has 3 heteroatoms. The molecule has 3 nitrogen and oxygen atoms in total. The first-order valence-corrected chi connectivity index (χ1v) is 9.84. The summed E-state index contributed by atoms with van der Waals surface area (Å²) in [4.78, 5) is 3.59. The molecule has 0 saturated carbocycles. The highest BCUT2D eigenvalue weighted by atomic mass is 16.5. The third-order valence-electron chi connectivity index (χ3n) is 5.87. The fourth-order valence-electron chi connectivity index (χ4n) is 4.23. The van der Waals surface area contributed by atoms with Crippen LogP contribution in [0.3, 0.4) is 0 Å². The average molecular weight is 364 g/mol. The van der Waals surface area contributed by atoms with Crippen LogP contribution in [0.15, 0.2) is 35.9 Å². The van der Waals surface area contributed by atoms with Gasteiger partial charge in [0.05, 0.1) is 18.1 Å². The molecule has 4 rings (SSSR count). The standard InChI is InChI=1S/C24H29NO2/c1-15(2)7-6-11-24(4)12-10-17-13-20-19-9-8-18(26-5)14-21(19)25-22(20)16(3)23(17)27-24/h7-9,13-14,25H,6,10-12H2,1-5H3. The van der Waals surface area contributed by atoms with Crippen LogP contribution in [0.5, 0.6) is 11.5 Å². The molecule has 3 aromatic rings. The van der Waals surface area contributed by atoms with Crippen molar-refractivity contribution < 1.29 is 9.47 Å². The Morgan fingerprint density at radius 2 is 2.07 bits per heavy atom. The van der Waals surface area contributed by atoms with Gasteiger partial charge in [-0.05, 0) is 77.1 Å². The highest BCUT2D eigenvalue weighted by Crippen LogP contribution is 2.43. The second-order valence-electron chi connectivity index (χ2n) is 8.32. The summed E-state index contributed by atoms with van der Waals surface area (Å²) < 4.78 is 12.0. The number of aryl methyl sites for hydroxylation is 2. The Hall–Kier alpha value is -2.42. The summed E-state index contributed by atoms with van der Waals surface area (Å²) in [5.41, 5.74) is 6.11. The second kappa shape index (κ2) is 6.63. The van der Waals surface area contributed by atoms with Crippen LogP contribution in [-0.2, 0) is 6.42 Å². The first-order valence-electron chi connectivity index (χ1n) is 9.84. The molecule has 1 aliphatic heterocycles. The van der Waals surface area contributed by atoms with Gasteiger partial charge in [0.2, 0.25) is 0 Å². The quantitative estimate of drug-likeness (QED) is 0.539. The van der Waals surface area contributed by atoms with E-state index in [0.29, 0.717) is 0 Å². The van der Waals surface area contributed by atoms with E-state index >= 15 is 0 Å². The molecular weight excluding hydrogens is 334 g/mol. The molecule has 0 bridgehead atoms. The minimum Gasteiger partial charge on any atom is -0.497 e. The molecule has 2 heterocycles. The molecule has 0 amide bonds. The summed E-state index contributed by atoms with van der Waals surface area (Å²) in [6.07, 6.45) is 6.57. The van der Waals surface area contributed by atoms with Gasteiger partial charge in [0, 0.05) is 22.4 Å². The summed E-state index contributed by atoms with van der Waals surface area (Å²) in [7, 11) is 1.71. The molecular formula is C24H29NO2. The fraction of sp³-hybridized carbons (Fsp3) is 0.417. The van der Waals surface area contributed by atoms with E-state index in [0.717, 1.165) is 42.7 Å². The Labute approximate surface area is 161 Å². The number of aromatic nitrogens is 1. The lowest BCUT2D eigenvalue weighted by atomic mass is 9.87. The third-order valence-corrected chi connectivity index (χ3v) is 5.87. The number of nitrogens with one attached hydrogen (secondary N) is 1. The van der Waals surface area contributed by atoms with Crippen LogP contribution in [0.25, 0.3) is 21.8 Å². The van der Waals surface area contributed by atoms with Crippen LogP contribution in [0.1, 0.15) is 51.2 Å². The van der Waals surface area contributed by atoms with Gasteiger partial charge in [0.15, 0.2) is 0 Å². The van der Waals surface area contributed by atoms with Crippen molar-refractivity contribution in [3.05, 3.63) is 47.0 Å². The number of ether oxygens (including phenoxy) is 2. The zero-order chi connectivity index (χ0) is 19.2. The van der Waals surface area contributed by atoms with Gasteiger partial charge in [-0.1, -0.05) is 11.6 Å². The topological polar surface area (TPSA) is 34.2 Å². The van der Waals surface area contributed by atoms with Crippen LogP contribution in [0.4, 0.5) is 0 Å². The third kappa shape index (κ3) is 3.20. The monoisotopic (exact) mass is 363 g/mol. The molecule has 0 saturated heterocycles. The zero-order valence-electron chi connectivity index (χ0n) is 17.0. The predicted octanol–water partition coefficient (Wildman–Crippen LogP) is 6.47. The van der Waals surface area contributed by atoms with Crippen molar-refractivity contribution in [2.75, 3.05) is 7.11 Å². The van der Waals surface area contributed by atoms with Gasteiger partial charge in [0.25, 0.3) is 0 Å². The van der Waals surface area contributed by atoms with Crippen molar-refractivity contribution in [2.45, 2.75) is 59.0 Å². The van der Waals surface area contributed by atoms with Gasteiger partial charge in [-0.3, -0.25) is 0 Å². The number of rotatable bonds is 4. The summed E-state index contributed by atoms with van der Waals surface area (Å²) in [5, 5.41) is 2.52. The minimum atomic E-state index is -0.0907. The zero-order valence-corrected chi connectivity index (χ0v) is 17.0. The van der Waals surface area contributed by atoms with Gasteiger partial charge < -0.3 is 14.5 Å². The van der Waals surface area contributed by atoms with E-state index in [1.807, 2.05) is 6.07 Å². The maximum absolute atomic E-state index is 6.61. The lowest BCUT2D eigenvalue weighted by molar-refractivity contribution is 0.0566. The Bertz CT molecular complexity index is 1040. The van der Waals surface area contributed by atoms with Gasteiger partial charge in [-0.15, -0.1) is 0 Å². The molecule has 1 atom stereocenters. The highest BCUT2D eigenvalue weighted by molar-refractivity contribution is 6.09. The molecule has 0 aliphatic carbocycles. The van der Waals surface area contributed by atoms with Gasteiger partial charge >= 0.3 is 0 Å². The van der Waals surface area contributed by atoms with Crippen molar-refractivity contribution in [3.8, 4) is 11.5 Å². The maximum atomic E-state index is 6.61. The van der Waals surface area contributed by atoms with E-state index in [2.05, 4.69) is 57.0 Å². The lowest BCUT2D eigenvalue weighted by Crippen LogP contribution is -2.36. The molecule has 1 N–H and O–H groups in total. The normalized spacial score (nSPS) is 19.0. The second-order valence-corrected chi connectivity index (χ2v) is 8.32. The molecule has 0 spiro atoms. The summed E-state index contributed by atoms with van der Waals surface area (Å²) in [5.74, 6) is 1.95. The van der Waals surface area contributed by atoms with Crippen molar-refractivity contribution in [1.29, 1.82) is 0 Å². The van der Waals surface area contributed by atoms with Crippen LogP contribution in [0, 0.1) is 6.92 Å². The van der Waals surface area contributed by atoms with Crippen molar-refractivity contribution in [3.63, 3.8) is 0 Å². The molecule has 0 radical (unpaired) electrons. The smallest absolute Gasteiger partial charge is 0.128 e. The molecule has 1 aromatic heterocycles. The predicted molar refractivity (Wildman–Crippen MR) is 113 cm³/mol. The largest absolute Gasteiger partial charge is 0.497 e. The fourth-order valence-corrected chi connectivity index (χ4v) is 4.23. The summed E-state index contributed by atoms with van der Waals surface area (Å²) in [6, 6.07) is 8.56. The average Bonchev–Trinajstić information content (AvgIpc) is 3.00. The van der Waals surface area contributed by atoms with Crippen molar-refractivity contribution >= 4 is 21.8 Å². The highest BCUT2D eigenvalue weighted by Gasteiger charge is 2.32. The number of hydrogen-bond acceptors (Lipinski definition) is 2. The molecule has 0 fully saturated rings. The van der Waals surface area contributed by atoms with E-state index in [1.165, 1.54) is 33.0 Å². The Morgan fingerprint density at radius 1 is 1.26 bits per heavy atom. The van der Waals surface area contributed by atoms with Gasteiger partial charge in [0.1, 0.15) is 17.1 Å². The van der Waals surface area contributed by atoms with E-state index in [4.69, 9.17) is 9.47 Å². The Kier molecular flexibility index (Phi) is 4.41. The lowest BCUT2D eigenvalue weighted by Gasteiger charge is -2.37. The van der Waals surface area contributed by atoms with Crippen LogP contribution < -0.4 is 9.47 Å². The molecule has 27 heavy (non-hydrogen) atoms. The molecule has 1 unspecified atom stereocenters. The number of allylic oxidation sites excluding steroid dienone is 2. The SMILES string of the molecule is COc1ccc2c(c1)[nH]c1c(C)c3c(cc12)CCC(C)(CCC=C(C)C)O3. The number of aromatic amines is 1. The maximum Gasteiger partial charge on any atom is 0.128 e. The van der Waals surface area contributed by atoms with E-state index < -0.39 is 0 Å². The van der Waals surface area contributed by atoms with Crippen molar-refractivity contribution in [1.82, 2.24) is 4.98 Å². The van der Waals surface area contributed by atoms with Crippen LogP contribution >= 0.6 is 0 Å². The Balaban J connectivity index is 1.75. The Morgan fingerprint density at radius 3 is 2.81 bits per heavy atom. The molecule has 142 valence electrons. The first kappa shape index (κ1) is 18.0. The number of benzene rings is 2. The van der Waals surface area contributed by atoms with E-state index in [-0.39, 0.29) is 5.60 Å². The van der Waals surface area contributed by atoms with Crippen LogP contribution in [-0.4, -0.2) is 17.7 Å². The van der Waals surface area contributed by atoms with Gasteiger partial charge in [-0.2, -0.15) is 0 Å². The number of methoxy groups -OCH3 is 1. The van der Waals surface area contributed by atoms with Crippen molar-refractivity contribution in [2.24, 2.45) is 0 Å². The van der Waals surface area contributed by atoms with Crippen LogP contribution in [0.2, 0.25) is 0 Å². The number of hydrogen-bond donors (Lipinski definition) is 1. The molecule has 2 aromatic carbocycles.